The number of anilines is 1. The zero-order valence-corrected chi connectivity index (χ0v) is 15.4. The lowest BCUT2D eigenvalue weighted by Gasteiger charge is -2.34. The second-order valence-corrected chi connectivity index (χ2v) is 7.28. The highest BCUT2D eigenvalue weighted by atomic mass is 19.4. The van der Waals surface area contributed by atoms with Gasteiger partial charge in [-0.3, -0.25) is 4.90 Å². The van der Waals surface area contributed by atoms with Gasteiger partial charge in [-0.1, -0.05) is 18.2 Å². The first-order valence-electron chi connectivity index (χ1n) is 9.55. The number of urea groups is 1. The summed E-state index contributed by atoms with van der Waals surface area (Å²) in [7, 11) is 0. The highest BCUT2D eigenvalue weighted by molar-refractivity contribution is 5.74. The molecule has 0 bridgehead atoms. The molecule has 1 aromatic rings. The van der Waals surface area contributed by atoms with Crippen LogP contribution in [0.15, 0.2) is 30.3 Å². The minimum Gasteiger partial charge on any atom is -0.370 e. The number of benzene rings is 1. The predicted octanol–water partition coefficient (Wildman–Crippen LogP) is 2.94. The molecule has 3 rings (SSSR count). The second-order valence-electron chi connectivity index (χ2n) is 7.28. The summed E-state index contributed by atoms with van der Waals surface area (Å²) in [4.78, 5) is 18.1. The third-order valence-corrected chi connectivity index (χ3v) is 5.22. The molecule has 0 spiro atoms. The molecular weight excluding hydrogens is 357 g/mol. The topological polar surface area (TPSA) is 38.8 Å². The summed E-state index contributed by atoms with van der Waals surface area (Å²) >= 11 is 0. The van der Waals surface area contributed by atoms with Crippen LogP contribution in [0.4, 0.5) is 23.7 Å². The van der Waals surface area contributed by atoms with Crippen molar-refractivity contribution in [3.8, 4) is 0 Å². The summed E-state index contributed by atoms with van der Waals surface area (Å²) in [6.45, 7) is 2.90. The number of carbonyl (C=O) groups excluding carboxylic acids is 1. The number of hydrogen-bond acceptors (Lipinski definition) is 3. The molecule has 2 heterocycles. The molecule has 150 valence electrons. The number of carbonyl (C=O) groups is 1. The normalized spacial score (nSPS) is 20.4. The Morgan fingerprint density at radius 3 is 2.37 bits per heavy atom. The number of para-hydroxylation sites is 1. The molecule has 8 heteroatoms. The molecule has 0 aromatic heterocycles. The molecule has 0 saturated carbocycles. The average Bonchev–Trinajstić information content (AvgIpc) is 2.89. The van der Waals surface area contributed by atoms with Gasteiger partial charge >= 0.3 is 12.2 Å². The first kappa shape index (κ1) is 19.8. The van der Waals surface area contributed by atoms with Crippen LogP contribution in [-0.4, -0.2) is 73.9 Å². The van der Waals surface area contributed by atoms with Crippen molar-refractivity contribution in [3.63, 3.8) is 0 Å². The minimum atomic E-state index is -4.16. The van der Waals surface area contributed by atoms with Crippen LogP contribution < -0.4 is 10.2 Å². The van der Waals surface area contributed by atoms with E-state index in [9.17, 15) is 18.0 Å². The summed E-state index contributed by atoms with van der Waals surface area (Å²) in [5.41, 5.74) is 1.16. The summed E-state index contributed by atoms with van der Waals surface area (Å²) in [5, 5.41) is 3.01. The van der Waals surface area contributed by atoms with Gasteiger partial charge in [-0.25, -0.2) is 4.79 Å². The fourth-order valence-electron chi connectivity index (χ4n) is 3.77. The summed E-state index contributed by atoms with van der Waals surface area (Å²) in [6.07, 6.45) is -2.14. The van der Waals surface area contributed by atoms with E-state index in [1.54, 1.807) is 0 Å². The van der Waals surface area contributed by atoms with Crippen LogP contribution >= 0.6 is 0 Å². The fraction of sp³-hybridized carbons (Fsp3) is 0.632. The third kappa shape index (κ3) is 6.02. The van der Waals surface area contributed by atoms with Crippen molar-refractivity contribution < 1.29 is 18.0 Å². The number of alkyl halides is 3. The second kappa shape index (κ2) is 8.82. The Balaban J connectivity index is 1.44. The monoisotopic (exact) mass is 384 g/mol. The molecular formula is C19H27F3N4O. The molecule has 2 saturated heterocycles. The molecule has 2 aliphatic rings. The SMILES string of the molecule is O=C(NC1CCN(CC(F)(F)F)CC1)N1CCCN(c2ccccc2)CC1. The van der Waals surface area contributed by atoms with E-state index in [0.717, 1.165) is 25.2 Å². The molecule has 2 aliphatic heterocycles. The number of nitrogens with zero attached hydrogens (tertiary/aromatic N) is 3. The van der Waals surface area contributed by atoms with Gasteiger partial charge in [0.05, 0.1) is 6.54 Å². The summed E-state index contributed by atoms with van der Waals surface area (Å²) in [6, 6.07) is 10.0. The van der Waals surface area contributed by atoms with Crippen molar-refractivity contribution in [2.75, 3.05) is 50.7 Å². The average molecular weight is 384 g/mol. The van der Waals surface area contributed by atoms with Crippen LogP contribution in [0.5, 0.6) is 0 Å². The Hall–Kier alpha value is -1.96. The molecule has 1 aromatic carbocycles. The predicted molar refractivity (Wildman–Crippen MR) is 98.9 cm³/mol. The van der Waals surface area contributed by atoms with E-state index in [-0.39, 0.29) is 12.1 Å². The van der Waals surface area contributed by atoms with Crippen molar-refractivity contribution in [1.29, 1.82) is 0 Å². The van der Waals surface area contributed by atoms with Crippen molar-refractivity contribution in [2.24, 2.45) is 0 Å². The molecule has 0 radical (unpaired) electrons. The Morgan fingerprint density at radius 2 is 1.70 bits per heavy atom. The lowest BCUT2D eigenvalue weighted by molar-refractivity contribution is -0.148. The van der Waals surface area contributed by atoms with E-state index in [4.69, 9.17) is 0 Å². The van der Waals surface area contributed by atoms with Gasteiger partial charge in [0.2, 0.25) is 0 Å². The molecule has 1 N–H and O–H groups in total. The third-order valence-electron chi connectivity index (χ3n) is 5.22. The Bertz CT molecular complexity index is 603. The number of rotatable bonds is 3. The van der Waals surface area contributed by atoms with E-state index < -0.39 is 12.7 Å². The number of halogens is 3. The van der Waals surface area contributed by atoms with Crippen LogP contribution in [0.3, 0.4) is 0 Å². The maximum absolute atomic E-state index is 12.6. The maximum atomic E-state index is 12.6. The molecule has 0 aliphatic carbocycles. The van der Waals surface area contributed by atoms with Crippen LogP contribution in [0.25, 0.3) is 0 Å². The molecule has 27 heavy (non-hydrogen) atoms. The lowest BCUT2D eigenvalue weighted by atomic mass is 10.1. The van der Waals surface area contributed by atoms with Crippen molar-refractivity contribution in [1.82, 2.24) is 15.1 Å². The Kier molecular flexibility index (Phi) is 6.46. The largest absolute Gasteiger partial charge is 0.401 e. The zero-order chi connectivity index (χ0) is 19.3. The smallest absolute Gasteiger partial charge is 0.370 e. The van der Waals surface area contributed by atoms with Crippen molar-refractivity contribution in [3.05, 3.63) is 30.3 Å². The van der Waals surface area contributed by atoms with Crippen LogP contribution in [0.2, 0.25) is 0 Å². The van der Waals surface area contributed by atoms with Crippen molar-refractivity contribution >= 4 is 11.7 Å². The van der Waals surface area contributed by atoms with Gasteiger partial charge in [0.25, 0.3) is 0 Å². The molecule has 5 nitrogen and oxygen atoms in total. The van der Waals surface area contributed by atoms with Crippen LogP contribution in [-0.2, 0) is 0 Å². The van der Waals surface area contributed by atoms with Crippen molar-refractivity contribution in [2.45, 2.75) is 31.5 Å². The number of nitrogens with one attached hydrogen (secondary N) is 1. The quantitative estimate of drug-likeness (QED) is 0.871. The highest BCUT2D eigenvalue weighted by Gasteiger charge is 2.33. The molecule has 0 atom stereocenters. The number of amides is 2. The Morgan fingerprint density at radius 1 is 1.00 bits per heavy atom. The van der Waals surface area contributed by atoms with Gasteiger partial charge in [-0.05, 0) is 31.4 Å². The maximum Gasteiger partial charge on any atom is 0.401 e. The molecule has 0 unspecified atom stereocenters. The number of likely N-dealkylation sites (tertiary alicyclic amines) is 1. The van der Waals surface area contributed by atoms with Gasteiger partial charge < -0.3 is 15.1 Å². The van der Waals surface area contributed by atoms with E-state index in [1.807, 2.05) is 23.1 Å². The van der Waals surface area contributed by atoms with Gasteiger partial charge in [0.1, 0.15) is 0 Å². The molecule has 2 fully saturated rings. The zero-order valence-electron chi connectivity index (χ0n) is 15.4. The fourth-order valence-corrected chi connectivity index (χ4v) is 3.77. The van der Waals surface area contributed by atoms with Gasteiger partial charge in [0, 0.05) is 51.0 Å². The van der Waals surface area contributed by atoms with Gasteiger partial charge in [-0.15, -0.1) is 0 Å². The number of hydrogen-bond donors (Lipinski definition) is 1. The van der Waals surface area contributed by atoms with E-state index in [2.05, 4.69) is 22.3 Å². The first-order valence-corrected chi connectivity index (χ1v) is 9.55. The minimum absolute atomic E-state index is 0.0459. The summed E-state index contributed by atoms with van der Waals surface area (Å²) < 4.78 is 37.4. The van der Waals surface area contributed by atoms with Gasteiger partial charge in [0.15, 0.2) is 0 Å². The number of piperidine rings is 1. The highest BCUT2D eigenvalue weighted by Crippen LogP contribution is 2.20. The summed E-state index contributed by atoms with van der Waals surface area (Å²) in [5.74, 6) is 0. The standard InChI is InChI=1S/C19H27F3N4O/c20-19(21,22)15-24-11-7-16(8-12-24)23-18(27)26-10-4-9-25(13-14-26)17-5-2-1-3-6-17/h1-3,5-6,16H,4,7-15H2,(H,23,27). The van der Waals surface area contributed by atoms with Crippen LogP contribution in [0.1, 0.15) is 19.3 Å². The van der Waals surface area contributed by atoms with E-state index in [1.165, 1.54) is 4.90 Å². The van der Waals surface area contributed by atoms with E-state index >= 15 is 0 Å². The first-order chi connectivity index (χ1) is 12.9. The Labute approximate surface area is 158 Å². The molecule has 2 amide bonds. The van der Waals surface area contributed by atoms with Gasteiger partial charge in [-0.2, -0.15) is 13.2 Å². The van der Waals surface area contributed by atoms with E-state index in [0.29, 0.717) is 39.0 Å². The lowest BCUT2D eigenvalue weighted by Crippen LogP contribution is -2.51. The van der Waals surface area contributed by atoms with Crippen LogP contribution in [0, 0.1) is 0 Å².